The molecule has 3 rings (SSSR count). The predicted molar refractivity (Wildman–Crippen MR) is 94.2 cm³/mol. The maximum Gasteiger partial charge on any atom is 0.183 e. The van der Waals surface area contributed by atoms with Gasteiger partial charge in [0.2, 0.25) is 0 Å². The van der Waals surface area contributed by atoms with Crippen molar-refractivity contribution in [2.75, 3.05) is 6.61 Å². The zero-order valence-electron chi connectivity index (χ0n) is 13.0. The molecule has 0 bridgehead atoms. The number of sulfone groups is 1. The van der Waals surface area contributed by atoms with Crippen LogP contribution in [0.5, 0.6) is 0 Å². The highest BCUT2D eigenvalue weighted by atomic mass is 79.9. The van der Waals surface area contributed by atoms with Crippen LogP contribution in [0, 0.1) is 23.7 Å². The first-order valence-electron chi connectivity index (χ1n) is 7.45. The van der Waals surface area contributed by atoms with Crippen LogP contribution in [0.25, 0.3) is 0 Å². The van der Waals surface area contributed by atoms with Gasteiger partial charge in [0, 0.05) is 10.4 Å². The van der Waals surface area contributed by atoms with Crippen LogP contribution in [0.2, 0.25) is 0 Å². The van der Waals surface area contributed by atoms with Crippen molar-refractivity contribution in [3.63, 3.8) is 0 Å². The second-order valence-electron chi connectivity index (χ2n) is 6.12. The largest absolute Gasteiger partial charge is 0.395 e. The molecule has 1 fully saturated rings. The van der Waals surface area contributed by atoms with Gasteiger partial charge in [-0.1, -0.05) is 45.8 Å². The van der Waals surface area contributed by atoms with Gasteiger partial charge in [-0.25, -0.2) is 8.42 Å². The molecule has 0 spiro atoms. The molecule has 0 heterocycles. The van der Waals surface area contributed by atoms with E-state index in [0.717, 1.165) is 15.6 Å². The number of rotatable bonds is 4. The topological polar surface area (TPSA) is 78.2 Å². The first-order chi connectivity index (χ1) is 11.4. The number of hydrogen-bond donors (Lipinski definition) is 1. The molecule has 24 heavy (non-hydrogen) atoms. The Hall–Kier alpha value is -1.68. The Labute approximate surface area is 149 Å². The third kappa shape index (κ3) is 2.57. The van der Waals surface area contributed by atoms with E-state index < -0.39 is 33.0 Å². The minimum absolute atomic E-state index is 0.186. The fraction of sp³-hybridized carbons (Fsp3) is 0.278. The van der Waals surface area contributed by atoms with Crippen molar-refractivity contribution < 1.29 is 13.5 Å². The summed E-state index contributed by atoms with van der Waals surface area (Å²) in [5.74, 6) is -0.535. The van der Waals surface area contributed by atoms with Gasteiger partial charge < -0.3 is 5.11 Å². The lowest BCUT2D eigenvalue weighted by atomic mass is 10.0. The Kier molecular flexibility index (Phi) is 4.28. The summed E-state index contributed by atoms with van der Waals surface area (Å²) in [4.78, 5) is 0.186. The lowest BCUT2D eigenvalue weighted by Gasteiger charge is -2.06. The summed E-state index contributed by atoms with van der Waals surface area (Å²) < 4.78 is 26.9. The van der Waals surface area contributed by atoms with Crippen molar-refractivity contribution >= 4 is 25.8 Å². The Bertz CT molecular complexity index is 901. The van der Waals surface area contributed by atoms with Crippen LogP contribution in [-0.2, 0) is 9.84 Å². The lowest BCUT2D eigenvalue weighted by molar-refractivity contribution is 0.242. The number of aliphatic hydroxyl groups excluding tert-OH is 1. The molecule has 3 atom stereocenters. The van der Waals surface area contributed by atoms with Gasteiger partial charge >= 0.3 is 0 Å². The maximum atomic E-state index is 13.0. The smallest absolute Gasteiger partial charge is 0.183 e. The van der Waals surface area contributed by atoms with E-state index in [0.29, 0.717) is 0 Å². The normalized spacial score (nSPS) is 25.9. The third-order valence-electron chi connectivity index (χ3n) is 4.64. The van der Waals surface area contributed by atoms with Gasteiger partial charge in [0.15, 0.2) is 9.84 Å². The van der Waals surface area contributed by atoms with Gasteiger partial charge in [-0.2, -0.15) is 5.26 Å². The van der Waals surface area contributed by atoms with Crippen molar-refractivity contribution in [2.45, 2.75) is 23.0 Å². The summed E-state index contributed by atoms with van der Waals surface area (Å²) in [5, 5.41) is 18.4. The predicted octanol–water partition coefficient (Wildman–Crippen LogP) is 3.20. The van der Waals surface area contributed by atoms with Crippen molar-refractivity contribution in [2.24, 2.45) is 5.41 Å². The summed E-state index contributed by atoms with van der Waals surface area (Å²) in [6.07, 6.45) is 0. The molecule has 1 saturated carbocycles. The Morgan fingerprint density at radius 2 is 1.75 bits per heavy atom. The second kappa shape index (κ2) is 5.99. The average Bonchev–Trinajstić information content (AvgIpc) is 3.26. The van der Waals surface area contributed by atoms with Gasteiger partial charge in [0.1, 0.15) is 5.41 Å². The summed E-state index contributed by atoms with van der Waals surface area (Å²) in [7, 11) is -3.72. The zero-order valence-corrected chi connectivity index (χ0v) is 15.4. The van der Waals surface area contributed by atoms with Gasteiger partial charge in [0.25, 0.3) is 0 Å². The minimum atomic E-state index is -3.72. The van der Waals surface area contributed by atoms with Crippen LogP contribution in [0.15, 0.2) is 57.9 Å². The molecule has 0 amide bonds. The van der Waals surface area contributed by atoms with E-state index >= 15 is 0 Å². The van der Waals surface area contributed by atoms with Gasteiger partial charge in [-0.15, -0.1) is 0 Å². The summed E-state index contributed by atoms with van der Waals surface area (Å²) >= 11 is 3.34. The molecule has 124 valence electrons. The molecular weight excluding hydrogens is 390 g/mol. The van der Waals surface area contributed by atoms with E-state index in [9.17, 15) is 18.8 Å². The highest BCUT2D eigenvalue weighted by molar-refractivity contribution is 9.10. The molecule has 4 nitrogen and oxygen atoms in total. The number of aryl methyl sites for hydroxylation is 1. The summed E-state index contributed by atoms with van der Waals surface area (Å²) in [6.45, 7) is 1.39. The Balaban J connectivity index is 2.06. The minimum Gasteiger partial charge on any atom is -0.395 e. The second-order valence-corrected chi connectivity index (χ2v) is 9.10. The molecule has 1 aliphatic rings. The fourth-order valence-electron chi connectivity index (χ4n) is 3.23. The van der Waals surface area contributed by atoms with Crippen LogP contribution >= 0.6 is 15.9 Å². The van der Waals surface area contributed by atoms with E-state index in [1.54, 1.807) is 36.4 Å². The SMILES string of the molecule is Cc1ccc(S(=O)(=O)[C@@H]2[C@H](c3ccc(Br)cc3)[C@@]2(C#N)CO)cc1. The van der Waals surface area contributed by atoms with Crippen LogP contribution in [0.1, 0.15) is 17.0 Å². The molecule has 0 aromatic heterocycles. The third-order valence-corrected chi connectivity index (χ3v) is 7.46. The maximum absolute atomic E-state index is 13.0. The molecule has 0 saturated heterocycles. The molecule has 0 radical (unpaired) electrons. The lowest BCUT2D eigenvalue weighted by Crippen LogP contribution is -2.18. The fourth-order valence-corrected chi connectivity index (χ4v) is 5.81. The molecule has 2 aromatic rings. The number of hydrogen-bond acceptors (Lipinski definition) is 4. The first-order valence-corrected chi connectivity index (χ1v) is 9.79. The number of halogens is 1. The molecule has 2 aromatic carbocycles. The number of nitrogens with zero attached hydrogens (tertiary/aromatic N) is 1. The highest BCUT2D eigenvalue weighted by Gasteiger charge is 2.72. The molecule has 1 aliphatic carbocycles. The van der Waals surface area contributed by atoms with E-state index in [4.69, 9.17) is 0 Å². The van der Waals surface area contributed by atoms with Gasteiger partial charge in [-0.3, -0.25) is 0 Å². The zero-order chi connectivity index (χ0) is 17.5. The van der Waals surface area contributed by atoms with E-state index in [-0.39, 0.29) is 4.90 Å². The van der Waals surface area contributed by atoms with Crippen LogP contribution in [-0.4, -0.2) is 25.4 Å². The molecule has 0 unspecified atom stereocenters. The number of nitriles is 1. The van der Waals surface area contributed by atoms with Crippen molar-refractivity contribution in [3.8, 4) is 6.07 Å². The summed E-state index contributed by atoms with van der Waals surface area (Å²) in [6, 6.07) is 15.8. The van der Waals surface area contributed by atoms with Crippen molar-refractivity contribution in [1.29, 1.82) is 5.26 Å². The summed E-state index contributed by atoms with van der Waals surface area (Å²) in [5.41, 5.74) is 0.412. The number of benzene rings is 2. The van der Waals surface area contributed by atoms with Crippen molar-refractivity contribution in [3.05, 3.63) is 64.1 Å². The Morgan fingerprint density at radius 3 is 2.25 bits per heavy atom. The van der Waals surface area contributed by atoms with Crippen molar-refractivity contribution in [1.82, 2.24) is 0 Å². The van der Waals surface area contributed by atoms with Gasteiger partial charge in [-0.05, 0) is 36.8 Å². The standard InChI is InChI=1S/C18H16BrNO3S/c1-12-2-8-15(9-3-12)24(22,23)17-16(18(17,10-20)11-21)13-4-6-14(19)7-5-13/h2-9,16-17,21H,11H2,1H3/t16-,17+,18+/m0/s1. The van der Waals surface area contributed by atoms with E-state index in [1.807, 2.05) is 19.1 Å². The van der Waals surface area contributed by atoms with Crippen LogP contribution in [0.3, 0.4) is 0 Å². The average molecular weight is 406 g/mol. The molecule has 0 aliphatic heterocycles. The Morgan fingerprint density at radius 1 is 1.17 bits per heavy atom. The quantitative estimate of drug-likeness (QED) is 0.846. The molecule has 1 N–H and O–H groups in total. The van der Waals surface area contributed by atoms with E-state index in [1.165, 1.54) is 0 Å². The molecule has 6 heteroatoms. The van der Waals surface area contributed by atoms with E-state index in [2.05, 4.69) is 22.0 Å². The van der Waals surface area contributed by atoms with Crippen LogP contribution in [0.4, 0.5) is 0 Å². The first kappa shape index (κ1) is 17.2. The molecular formula is C18H16BrNO3S. The number of aliphatic hydroxyl groups is 1. The van der Waals surface area contributed by atoms with Gasteiger partial charge in [0.05, 0.1) is 22.8 Å². The monoisotopic (exact) mass is 405 g/mol. The highest BCUT2D eigenvalue weighted by Crippen LogP contribution is 2.63. The van der Waals surface area contributed by atoms with Crippen LogP contribution < -0.4 is 0 Å².